The van der Waals surface area contributed by atoms with Gasteiger partial charge in [0.15, 0.2) is 5.78 Å². The van der Waals surface area contributed by atoms with E-state index in [1.807, 2.05) is 13.8 Å². The lowest BCUT2D eigenvalue weighted by molar-refractivity contribution is 0.0980. The number of unbranched alkanes of at least 4 members (excludes halogenated alkanes) is 1. The largest absolute Gasteiger partial charge is 0.294 e. The molecule has 4 nitrogen and oxygen atoms in total. The topological polar surface area (TPSA) is 63.2 Å². The lowest BCUT2D eigenvalue weighted by atomic mass is 10.1. The van der Waals surface area contributed by atoms with E-state index in [0.29, 0.717) is 24.1 Å². The summed E-state index contributed by atoms with van der Waals surface area (Å²) in [6, 6.07) is 6.60. The number of ketones is 1. The van der Waals surface area contributed by atoms with Crippen molar-refractivity contribution in [3.63, 3.8) is 0 Å². The van der Waals surface area contributed by atoms with Crippen molar-refractivity contribution in [2.75, 3.05) is 10.5 Å². The Labute approximate surface area is 115 Å². The van der Waals surface area contributed by atoms with E-state index in [1.165, 1.54) is 0 Å². The van der Waals surface area contributed by atoms with Crippen molar-refractivity contribution in [1.29, 1.82) is 0 Å². The van der Waals surface area contributed by atoms with Gasteiger partial charge in [-0.2, -0.15) is 0 Å². The van der Waals surface area contributed by atoms with Gasteiger partial charge in [-0.3, -0.25) is 9.52 Å². The van der Waals surface area contributed by atoms with E-state index >= 15 is 0 Å². The van der Waals surface area contributed by atoms with Gasteiger partial charge >= 0.3 is 0 Å². The van der Waals surface area contributed by atoms with E-state index in [2.05, 4.69) is 4.72 Å². The number of hydrogen-bond donors (Lipinski definition) is 1. The number of Topliss-reactive ketones (excluding diaryl/α,β-unsaturated/α-hetero) is 1. The molecule has 0 aliphatic rings. The van der Waals surface area contributed by atoms with Gasteiger partial charge in [0.1, 0.15) is 0 Å². The Kier molecular flexibility index (Phi) is 6.02. The molecule has 0 atom stereocenters. The Morgan fingerprint density at radius 1 is 1.11 bits per heavy atom. The Hall–Kier alpha value is -1.36. The molecule has 0 radical (unpaired) electrons. The molecule has 0 unspecified atom stereocenters. The normalized spacial score (nSPS) is 11.3. The van der Waals surface area contributed by atoms with E-state index in [0.717, 1.165) is 12.8 Å². The molecule has 0 fully saturated rings. The van der Waals surface area contributed by atoms with E-state index in [1.54, 1.807) is 24.3 Å². The minimum absolute atomic E-state index is 0.101. The third kappa shape index (κ3) is 5.42. The number of nitrogens with one attached hydrogen (secondary N) is 1. The molecule has 1 aromatic rings. The lowest BCUT2D eigenvalue weighted by Gasteiger charge is -2.07. The molecule has 1 N–H and O–H groups in total. The Bertz CT molecular complexity index is 506. The maximum Gasteiger partial charge on any atom is 0.232 e. The van der Waals surface area contributed by atoms with Crippen LogP contribution in [0.15, 0.2) is 24.3 Å². The zero-order valence-corrected chi connectivity index (χ0v) is 12.3. The van der Waals surface area contributed by atoms with Gasteiger partial charge in [-0.05, 0) is 37.1 Å². The van der Waals surface area contributed by atoms with Crippen LogP contribution in [0.25, 0.3) is 0 Å². The number of carbonyl (C=O) groups excluding carboxylic acids is 1. The van der Waals surface area contributed by atoms with E-state index in [-0.39, 0.29) is 11.5 Å². The first-order chi connectivity index (χ1) is 8.98. The summed E-state index contributed by atoms with van der Waals surface area (Å²) in [5, 5.41) is 0. The van der Waals surface area contributed by atoms with Crippen molar-refractivity contribution in [3.8, 4) is 0 Å². The van der Waals surface area contributed by atoms with Crippen LogP contribution >= 0.6 is 0 Å². The summed E-state index contributed by atoms with van der Waals surface area (Å²) in [6.45, 7) is 3.85. The maximum absolute atomic E-state index is 11.8. The summed E-state index contributed by atoms with van der Waals surface area (Å²) in [5.41, 5.74) is 1.13. The van der Waals surface area contributed by atoms with Gasteiger partial charge in [0.25, 0.3) is 0 Å². The van der Waals surface area contributed by atoms with Crippen molar-refractivity contribution in [2.45, 2.75) is 39.5 Å². The average Bonchev–Trinajstić information content (AvgIpc) is 2.36. The second-order valence-electron chi connectivity index (χ2n) is 4.53. The lowest BCUT2D eigenvalue weighted by Crippen LogP contribution is -2.16. The predicted molar refractivity (Wildman–Crippen MR) is 78.0 cm³/mol. The third-order valence-electron chi connectivity index (χ3n) is 2.71. The van der Waals surface area contributed by atoms with Crippen molar-refractivity contribution in [2.24, 2.45) is 0 Å². The molecule has 5 heteroatoms. The van der Waals surface area contributed by atoms with Crippen molar-refractivity contribution < 1.29 is 13.2 Å². The Balaban J connectivity index is 2.69. The van der Waals surface area contributed by atoms with Crippen LogP contribution in [-0.2, 0) is 10.0 Å². The highest BCUT2D eigenvalue weighted by Crippen LogP contribution is 2.14. The Morgan fingerprint density at radius 2 is 1.74 bits per heavy atom. The fourth-order valence-corrected chi connectivity index (χ4v) is 2.84. The highest BCUT2D eigenvalue weighted by molar-refractivity contribution is 7.92. The first kappa shape index (κ1) is 15.7. The molecule has 0 spiro atoms. The van der Waals surface area contributed by atoms with Gasteiger partial charge in [-0.25, -0.2) is 8.42 Å². The summed E-state index contributed by atoms with van der Waals surface area (Å²) in [4.78, 5) is 11.8. The molecule has 0 heterocycles. The Morgan fingerprint density at radius 3 is 2.26 bits per heavy atom. The molecule has 0 saturated heterocycles. The second kappa shape index (κ2) is 7.28. The van der Waals surface area contributed by atoms with Gasteiger partial charge in [0.05, 0.1) is 5.75 Å². The summed E-state index contributed by atoms with van der Waals surface area (Å²) in [5.74, 6) is 0.203. The van der Waals surface area contributed by atoms with E-state index in [4.69, 9.17) is 0 Å². The van der Waals surface area contributed by atoms with Gasteiger partial charge in [0.2, 0.25) is 10.0 Å². The molecule has 106 valence electrons. The van der Waals surface area contributed by atoms with Crippen molar-refractivity contribution >= 4 is 21.5 Å². The number of benzene rings is 1. The minimum atomic E-state index is -3.27. The standard InChI is InChI=1S/C14H21NO3S/c1-3-5-6-14(16)12-7-9-13(10-8-12)15-19(17,18)11-4-2/h7-10,15H,3-6,11H2,1-2H3. The number of anilines is 1. The number of carbonyl (C=O) groups is 1. The molecular formula is C14H21NO3S. The van der Waals surface area contributed by atoms with Crippen LogP contribution < -0.4 is 4.72 Å². The van der Waals surface area contributed by atoms with Gasteiger partial charge in [-0.15, -0.1) is 0 Å². The highest BCUT2D eigenvalue weighted by atomic mass is 32.2. The van der Waals surface area contributed by atoms with E-state index < -0.39 is 10.0 Å². The van der Waals surface area contributed by atoms with Crippen LogP contribution in [0.1, 0.15) is 49.9 Å². The molecule has 0 aliphatic carbocycles. The second-order valence-corrected chi connectivity index (χ2v) is 6.37. The molecule has 0 aromatic heterocycles. The van der Waals surface area contributed by atoms with Gasteiger partial charge in [0, 0.05) is 17.7 Å². The zero-order chi connectivity index (χ0) is 14.3. The van der Waals surface area contributed by atoms with Crippen LogP contribution in [0.3, 0.4) is 0 Å². The average molecular weight is 283 g/mol. The van der Waals surface area contributed by atoms with Crippen molar-refractivity contribution in [3.05, 3.63) is 29.8 Å². The smallest absolute Gasteiger partial charge is 0.232 e. The highest BCUT2D eigenvalue weighted by Gasteiger charge is 2.09. The fraction of sp³-hybridized carbons (Fsp3) is 0.500. The van der Waals surface area contributed by atoms with Gasteiger partial charge in [-0.1, -0.05) is 20.3 Å². The van der Waals surface area contributed by atoms with Crippen LogP contribution in [-0.4, -0.2) is 20.0 Å². The third-order valence-corrected chi connectivity index (χ3v) is 4.20. The van der Waals surface area contributed by atoms with Crippen LogP contribution in [0.2, 0.25) is 0 Å². The van der Waals surface area contributed by atoms with Crippen LogP contribution in [0.5, 0.6) is 0 Å². The minimum Gasteiger partial charge on any atom is -0.294 e. The molecule has 0 saturated carbocycles. The molecule has 0 amide bonds. The first-order valence-electron chi connectivity index (χ1n) is 6.62. The molecule has 0 bridgehead atoms. The summed E-state index contributed by atoms with van der Waals surface area (Å²) < 4.78 is 25.7. The van der Waals surface area contributed by atoms with Crippen LogP contribution in [0.4, 0.5) is 5.69 Å². The maximum atomic E-state index is 11.8. The molecule has 1 rings (SSSR count). The van der Waals surface area contributed by atoms with Crippen molar-refractivity contribution in [1.82, 2.24) is 0 Å². The van der Waals surface area contributed by atoms with Gasteiger partial charge < -0.3 is 0 Å². The first-order valence-corrected chi connectivity index (χ1v) is 8.27. The molecule has 0 aliphatic heterocycles. The van der Waals surface area contributed by atoms with Crippen LogP contribution in [0, 0.1) is 0 Å². The number of sulfonamides is 1. The molecular weight excluding hydrogens is 262 g/mol. The SMILES string of the molecule is CCCCC(=O)c1ccc(NS(=O)(=O)CCC)cc1. The number of rotatable bonds is 8. The molecule has 19 heavy (non-hydrogen) atoms. The van der Waals surface area contributed by atoms with E-state index in [9.17, 15) is 13.2 Å². The quantitative estimate of drug-likeness (QED) is 0.745. The summed E-state index contributed by atoms with van der Waals surface area (Å²) in [7, 11) is -3.27. The molecule has 1 aromatic carbocycles. The fourth-order valence-electron chi connectivity index (χ4n) is 1.71. The summed E-state index contributed by atoms with van der Waals surface area (Å²) in [6.07, 6.45) is 2.98. The number of hydrogen-bond acceptors (Lipinski definition) is 3. The summed E-state index contributed by atoms with van der Waals surface area (Å²) >= 11 is 0. The zero-order valence-electron chi connectivity index (χ0n) is 11.5. The monoisotopic (exact) mass is 283 g/mol. The predicted octanol–water partition coefficient (Wildman–Crippen LogP) is 3.21.